The van der Waals surface area contributed by atoms with Crippen LogP contribution in [0.4, 0.5) is 5.69 Å². The predicted octanol–water partition coefficient (Wildman–Crippen LogP) is 1.95. The maximum absolute atomic E-state index is 10.8. The van der Waals surface area contributed by atoms with E-state index in [1.165, 1.54) is 6.07 Å². The van der Waals surface area contributed by atoms with Crippen LogP contribution in [0.15, 0.2) is 24.3 Å². The van der Waals surface area contributed by atoms with Crippen molar-refractivity contribution in [3.05, 3.63) is 39.9 Å². The predicted molar refractivity (Wildman–Crippen MR) is 70.5 cm³/mol. The minimum atomic E-state index is -0.340. The molecule has 0 saturated carbocycles. The molecule has 1 aliphatic heterocycles. The van der Waals surface area contributed by atoms with Gasteiger partial charge < -0.3 is 5.32 Å². The molecule has 18 heavy (non-hydrogen) atoms. The van der Waals surface area contributed by atoms with Gasteiger partial charge in [0.25, 0.3) is 5.69 Å². The number of rotatable bonds is 4. The molecule has 1 aromatic rings. The maximum atomic E-state index is 10.8. The Balaban J connectivity index is 2.14. The van der Waals surface area contributed by atoms with Crippen molar-refractivity contribution in [2.45, 2.75) is 25.4 Å². The van der Waals surface area contributed by atoms with E-state index in [1.54, 1.807) is 12.1 Å². The van der Waals surface area contributed by atoms with E-state index in [9.17, 15) is 10.1 Å². The van der Waals surface area contributed by atoms with Gasteiger partial charge in [0, 0.05) is 30.8 Å². The van der Waals surface area contributed by atoms with Crippen LogP contribution in [0.2, 0.25) is 0 Å². The standard InChI is InChI=1S/C13H19N3O2/c1-10(15(2)13-6-7-14-9-13)11-4-3-5-12(8-11)16(17)18/h3-5,8,10,13-14H,6-7,9H2,1-2H3. The van der Waals surface area contributed by atoms with Crippen LogP contribution in [0.3, 0.4) is 0 Å². The minimum absolute atomic E-state index is 0.164. The summed E-state index contributed by atoms with van der Waals surface area (Å²) >= 11 is 0. The second kappa shape index (κ2) is 5.46. The highest BCUT2D eigenvalue weighted by molar-refractivity contribution is 5.35. The topological polar surface area (TPSA) is 58.4 Å². The summed E-state index contributed by atoms with van der Waals surface area (Å²) in [4.78, 5) is 12.7. The number of nitrogens with zero attached hydrogens (tertiary/aromatic N) is 2. The lowest BCUT2D eigenvalue weighted by molar-refractivity contribution is -0.384. The highest BCUT2D eigenvalue weighted by Crippen LogP contribution is 2.25. The SMILES string of the molecule is CC(c1cccc([N+](=O)[O-])c1)N(C)C1CCNC1. The fourth-order valence-corrected chi connectivity index (χ4v) is 2.44. The van der Waals surface area contributed by atoms with Gasteiger partial charge in [0.2, 0.25) is 0 Å². The Labute approximate surface area is 107 Å². The van der Waals surface area contributed by atoms with Gasteiger partial charge >= 0.3 is 0 Å². The Morgan fingerprint density at radius 3 is 2.94 bits per heavy atom. The van der Waals surface area contributed by atoms with Crippen molar-refractivity contribution in [1.82, 2.24) is 10.2 Å². The Morgan fingerprint density at radius 1 is 1.56 bits per heavy atom. The van der Waals surface area contributed by atoms with E-state index in [2.05, 4.69) is 24.2 Å². The van der Waals surface area contributed by atoms with E-state index in [4.69, 9.17) is 0 Å². The Bertz CT molecular complexity index is 430. The molecular formula is C13H19N3O2. The van der Waals surface area contributed by atoms with Gasteiger partial charge in [0.1, 0.15) is 0 Å². The first kappa shape index (κ1) is 13.0. The molecule has 1 saturated heterocycles. The molecule has 5 heteroatoms. The summed E-state index contributed by atoms with van der Waals surface area (Å²) in [7, 11) is 2.08. The van der Waals surface area contributed by atoms with Crippen molar-refractivity contribution in [3.63, 3.8) is 0 Å². The van der Waals surface area contributed by atoms with E-state index < -0.39 is 0 Å². The zero-order valence-corrected chi connectivity index (χ0v) is 10.8. The lowest BCUT2D eigenvalue weighted by Crippen LogP contribution is -2.35. The molecule has 0 spiro atoms. The third-order valence-electron chi connectivity index (χ3n) is 3.78. The third kappa shape index (κ3) is 2.68. The molecule has 0 aliphatic carbocycles. The molecule has 0 bridgehead atoms. The molecule has 98 valence electrons. The Morgan fingerprint density at radius 2 is 2.33 bits per heavy atom. The van der Waals surface area contributed by atoms with Gasteiger partial charge in [0.05, 0.1) is 4.92 Å². The summed E-state index contributed by atoms with van der Waals surface area (Å²) in [6.45, 7) is 4.14. The van der Waals surface area contributed by atoms with Crippen LogP contribution in [0.25, 0.3) is 0 Å². The first-order chi connectivity index (χ1) is 8.59. The van der Waals surface area contributed by atoms with Crippen molar-refractivity contribution in [1.29, 1.82) is 0 Å². The molecule has 1 heterocycles. The van der Waals surface area contributed by atoms with Crippen LogP contribution in [-0.2, 0) is 0 Å². The summed E-state index contributed by atoms with van der Waals surface area (Å²) in [6.07, 6.45) is 1.13. The average molecular weight is 249 g/mol. The summed E-state index contributed by atoms with van der Waals surface area (Å²) in [5, 5.41) is 14.1. The quantitative estimate of drug-likeness (QED) is 0.654. The average Bonchev–Trinajstić information content (AvgIpc) is 2.91. The van der Waals surface area contributed by atoms with Gasteiger partial charge in [-0.05, 0) is 32.5 Å². The van der Waals surface area contributed by atoms with Gasteiger partial charge in [-0.25, -0.2) is 0 Å². The van der Waals surface area contributed by atoms with Crippen molar-refractivity contribution < 1.29 is 4.92 Å². The van der Waals surface area contributed by atoms with Crippen LogP contribution in [-0.4, -0.2) is 36.0 Å². The highest BCUT2D eigenvalue weighted by atomic mass is 16.6. The molecular weight excluding hydrogens is 230 g/mol. The lowest BCUT2D eigenvalue weighted by atomic mass is 10.0. The summed E-state index contributed by atoms with van der Waals surface area (Å²) in [5.74, 6) is 0. The molecule has 1 aromatic carbocycles. The number of benzene rings is 1. The summed E-state index contributed by atoms with van der Waals surface area (Å²) in [5.41, 5.74) is 1.16. The van der Waals surface area contributed by atoms with Crippen LogP contribution in [0, 0.1) is 10.1 Å². The van der Waals surface area contributed by atoms with E-state index in [0.29, 0.717) is 6.04 Å². The van der Waals surface area contributed by atoms with Crippen molar-refractivity contribution in [2.75, 3.05) is 20.1 Å². The number of nitrogens with one attached hydrogen (secondary N) is 1. The van der Waals surface area contributed by atoms with E-state index in [1.807, 2.05) is 6.07 Å². The van der Waals surface area contributed by atoms with E-state index in [0.717, 1.165) is 25.1 Å². The first-order valence-electron chi connectivity index (χ1n) is 6.26. The second-order valence-corrected chi connectivity index (χ2v) is 4.84. The number of nitro groups is 1. The van der Waals surface area contributed by atoms with Gasteiger partial charge in [-0.2, -0.15) is 0 Å². The fourth-order valence-electron chi connectivity index (χ4n) is 2.44. The number of likely N-dealkylation sites (N-methyl/N-ethyl adjacent to an activating group) is 1. The van der Waals surface area contributed by atoms with Crippen molar-refractivity contribution >= 4 is 5.69 Å². The van der Waals surface area contributed by atoms with Crippen LogP contribution >= 0.6 is 0 Å². The van der Waals surface area contributed by atoms with Gasteiger partial charge in [-0.15, -0.1) is 0 Å². The Hall–Kier alpha value is -1.46. The third-order valence-corrected chi connectivity index (χ3v) is 3.78. The van der Waals surface area contributed by atoms with Crippen LogP contribution in [0.1, 0.15) is 24.9 Å². The zero-order valence-electron chi connectivity index (χ0n) is 10.8. The maximum Gasteiger partial charge on any atom is 0.269 e. The molecule has 2 unspecified atom stereocenters. The smallest absolute Gasteiger partial charge is 0.269 e. The number of nitro benzene ring substituents is 1. The monoisotopic (exact) mass is 249 g/mol. The normalized spacial score (nSPS) is 21.2. The van der Waals surface area contributed by atoms with Gasteiger partial charge in [-0.1, -0.05) is 12.1 Å². The second-order valence-electron chi connectivity index (χ2n) is 4.84. The number of hydrogen-bond donors (Lipinski definition) is 1. The van der Waals surface area contributed by atoms with E-state index in [-0.39, 0.29) is 16.7 Å². The fraction of sp³-hybridized carbons (Fsp3) is 0.538. The summed E-state index contributed by atoms with van der Waals surface area (Å²) < 4.78 is 0. The largest absolute Gasteiger partial charge is 0.315 e. The Kier molecular flexibility index (Phi) is 3.93. The zero-order chi connectivity index (χ0) is 13.1. The number of non-ortho nitro benzene ring substituents is 1. The molecule has 1 aliphatic rings. The van der Waals surface area contributed by atoms with E-state index >= 15 is 0 Å². The van der Waals surface area contributed by atoms with Crippen LogP contribution in [0.5, 0.6) is 0 Å². The van der Waals surface area contributed by atoms with Gasteiger partial charge in [0.15, 0.2) is 0 Å². The highest BCUT2D eigenvalue weighted by Gasteiger charge is 2.24. The molecule has 2 atom stereocenters. The first-order valence-corrected chi connectivity index (χ1v) is 6.26. The van der Waals surface area contributed by atoms with Crippen molar-refractivity contribution in [3.8, 4) is 0 Å². The minimum Gasteiger partial charge on any atom is -0.315 e. The molecule has 1 fully saturated rings. The molecule has 0 aromatic heterocycles. The van der Waals surface area contributed by atoms with Crippen molar-refractivity contribution in [2.24, 2.45) is 0 Å². The summed E-state index contributed by atoms with van der Waals surface area (Å²) in [6, 6.07) is 7.62. The molecule has 0 radical (unpaired) electrons. The number of hydrogen-bond acceptors (Lipinski definition) is 4. The molecule has 2 rings (SSSR count). The lowest BCUT2D eigenvalue weighted by Gasteiger charge is -2.30. The molecule has 1 N–H and O–H groups in total. The van der Waals surface area contributed by atoms with Gasteiger partial charge in [-0.3, -0.25) is 15.0 Å². The molecule has 5 nitrogen and oxygen atoms in total. The van der Waals surface area contributed by atoms with Crippen LogP contribution < -0.4 is 5.32 Å². The molecule has 0 amide bonds.